The van der Waals surface area contributed by atoms with E-state index >= 15 is 0 Å². The highest BCUT2D eigenvalue weighted by molar-refractivity contribution is 5.90. The van der Waals surface area contributed by atoms with Gasteiger partial charge in [0.15, 0.2) is 0 Å². The second-order valence-electron chi connectivity index (χ2n) is 5.41. The van der Waals surface area contributed by atoms with E-state index in [1.165, 1.54) is 0 Å². The van der Waals surface area contributed by atoms with Gasteiger partial charge in [0, 0.05) is 16.8 Å². The van der Waals surface area contributed by atoms with Crippen molar-refractivity contribution in [2.45, 2.75) is 32.4 Å². The second-order valence-corrected chi connectivity index (χ2v) is 5.41. The smallest absolute Gasteiger partial charge is 0.0881 e. The van der Waals surface area contributed by atoms with E-state index in [-0.39, 0.29) is 11.5 Å². The molecule has 0 saturated heterocycles. The van der Waals surface area contributed by atoms with Gasteiger partial charge < -0.3 is 10.4 Å². The molecule has 1 aliphatic rings. The normalized spacial score (nSPS) is 26.8. The zero-order chi connectivity index (χ0) is 12.0. The number of aliphatic hydroxyl groups is 1. The summed E-state index contributed by atoms with van der Waals surface area (Å²) >= 11 is 0. The average molecular weight is 231 g/mol. The maximum Gasteiger partial charge on any atom is 0.0881 e. The molecular formula is C13H17N3O. The van der Waals surface area contributed by atoms with Crippen LogP contribution in [0.3, 0.4) is 0 Å². The zero-order valence-electron chi connectivity index (χ0n) is 10.1. The lowest BCUT2D eigenvalue weighted by atomic mass is 9.64. The van der Waals surface area contributed by atoms with Crippen molar-refractivity contribution in [3.8, 4) is 0 Å². The fourth-order valence-electron chi connectivity index (χ4n) is 2.42. The van der Waals surface area contributed by atoms with Crippen LogP contribution in [0.2, 0.25) is 0 Å². The van der Waals surface area contributed by atoms with Crippen molar-refractivity contribution in [2.24, 2.45) is 5.41 Å². The number of rotatable bonds is 2. The van der Waals surface area contributed by atoms with Crippen molar-refractivity contribution < 1.29 is 5.11 Å². The Bertz CT molecular complexity index is 546. The lowest BCUT2D eigenvalue weighted by molar-refractivity contribution is -0.0510. The Morgan fingerprint density at radius 2 is 2.29 bits per heavy atom. The Morgan fingerprint density at radius 1 is 1.47 bits per heavy atom. The molecule has 2 aromatic rings. The van der Waals surface area contributed by atoms with E-state index in [4.69, 9.17) is 0 Å². The number of fused-ring (bicyclic) bond motifs is 1. The summed E-state index contributed by atoms with van der Waals surface area (Å²) in [7, 11) is 0. The van der Waals surface area contributed by atoms with Gasteiger partial charge in [-0.15, -0.1) is 0 Å². The van der Waals surface area contributed by atoms with E-state index in [2.05, 4.69) is 29.4 Å². The SMILES string of the molecule is CC1(C)C(O)CC1Nc1cccc2cn[nH]c12. The van der Waals surface area contributed by atoms with Crippen LogP contribution in [0.25, 0.3) is 10.9 Å². The monoisotopic (exact) mass is 231 g/mol. The van der Waals surface area contributed by atoms with Crippen LogP contribution in [0.4, 0.5) is 5.69 Å². The Morgan fingerprint density at radius 3 is 3.00 bits per heavy atom. The minimum Gasteiger partial charge on any atom is -0.392 e. The third-order valence-corrected chi connectivity index (χ3v) is 4.02. The summed E-state index contributed by atoms with van der Waals surface area (Å²) in [4.78, 5) is 0. The minimum absolute atomic E-state index is 0.0673. The molecule has 1 fully saturated rings. The predicted octanol–water partition coefficient (Wildman–Crippen LogP) is 2.13. The van der Waals surface area contributed by atoms with Crippen LogP contribution in [0.15, 0.2) is 24.4 Å². The van der Waals surface area contributed by atoms with Gasteiger partial charge in [-0.2, -0.15) is 5.10 Å². The molecule has 2 unspecified atom stereocenters. The molecule has 3 N–H and O–H groups in total. The maximum absolute atomic E-state index is 9.74. The zero-order valence-corrected chi connectivity index (χ0v) is 10.1. The van der Waals surface area contributed by atoms with E-state index < -0.39 is 0 Å². The first-order chi connectivity index (χ1) is 8.09. The Labute approximate surface area is 100 Å². The standard InChI is InChI=1S/C13H17N3O/c1-13(2)10(6-11(13)17)15-9-5-3-4-8-7-14-16-12(8)9/h3-5,7,10-11,15,17H,6H2,1-2H3,(H,14,16). The molecule has 90 valence electrons. The summed E-state index contributed by atoms with van der Waals surface area (Å²) in [5.41, 5.74) is 2.03. The largest absolute Gasteiger partial charge is 0.392 e. The molecule has 3 rings (SSSR count). The number of anilines is 1. The number of nitrogens with zero attached hydrogens (tertiary/aromatic N) is 1. The summed E-state index contributed by atoms with van der Waals surface area (Å²) in [6, 6.07) is 6.40. The van der Waals surface area contributed by atoms with Gasteiger partial charge in [-0.25, -0.2) is 0 Å². The van der Waals surface area contributed by atoms with Gasteiger partial charge in [0.1, 0.15) is 0 Å². The van der Waals surface area contributed by atoms with Crippen LogP contribution < -0.4 is 5.32 Å². The van der Waals surface area contributed by atoms with Crippen molar-refractivity contribution in [1.82, 2.24) is 10.2 Å². The molecule has 1 aromatic heterocycles. The molecule has 4 nitrogen and oxygen atoms in total. The lowest BCUT2D eigenvalue weighted by Crippen LogP contribution is -2.56. The summed E-state index contributed by atoms with van der Waals surface area (Å²) < 4.78 is 0. The summed E-state index contributed by atoms with van der Waals surface area (Å²) in [6.07, 6.45) is 2.42. The van der Waals surface area contributed by atoms with Crippen LogP contribution in [-0.4, -0.2) is 27.4 Å². The van der Waals surface area contributed by atoms with Crippen molar-refractivity contribution >= 4 is 16.6 Å². The van der Waals surface area contributed by atoms with Gasteiger partial charge in [-0.05, 0) is 12.5 Å². The highest BCUT2D eigenvalue weighted by atomic mass is 16.3. The van der Waals surface area contributed by atoms with Crippen molar-refractivity contribution in [2.75, 3.05) is 5.32 Å². The van der Waals surface area contributed by atoms with E-state index in [0.717, 1.165) is 23.0 Å². The first-order valence-corrected chi connectivity index (χ1v) is 5.96. The number of aromatic amines is 1. The van der Waals surface area contributed by atoms with E-state index in [9.17, 15) is 5.11 Å². The number of benzene rings is 1. The summed E-state index contributed by atoms with van der Waals surface area (Å²) in [5, 5.41) is 21.4. The number of para-hydroxylation sites is 1. The first-order valence-electron chi connectivity index (χ1n) is 5.96. The van der Waals surface area contributed by atoms with Gasteiger partial charge in [0.2, 0.25) is 0 Å². The van der Waals surface area contributed by atoms with Crippen LogP contribution >= 0.6 is 0 Å². The molecule has 0 aliphatic heterocycles. The van der Waals surface area contributed by atoms with Crippen LogP contribution in [0.5, 0.6) is 0 Å². The molecular weight excluding hydrogens is 214 g/mol. The number of nitrogens with one attached hydrogen (secondary N) is 2. The molecule has 0 amide bonds. The molecule has 4 heteroatoms. The predicted molar refractivity (Wildman–Crippen MR) is 67.9 cm³/mol. The summed E-state index contributed by atoms with van der Waals surface area (Å²) in [5.74, 6) is 0. The third kappa shape index (κ3) is 1.52. The van der Waals surface area contributed by atoms with Gasteiger partial charge in [0.25, 0.3) is 0 Å². The number of aliphatic hydroxyl groups excluding tert-OH is 1. The fraction of sp³-hybridized carbons (Fsp3) is 0.462. The first kappa shape index (κ1) is 10.6. The second kappa shape index (κ2) is 3.47. The van der Waals surface area contributed by atoms with E-state index in [0.29, 0.717) is 6.04 Å². The maximum atomic E-state index is 9.74. The topological polar surface area (TPSA) is 60.9 Å². The van der Waals surface area contributed by atoms with Crippen LogP contribution in [0, 0.1) is 5.41 Å². The lowest BCUT2D eigenvalue weighted by Gasteiger charge is -2.49. The number of hydrogen-bond donors (Lipinski definition) is 3. The van der Waals surface area contributed by atoms with Crippen LogP contribution in [-0.2, 0) is 0 Å². The van der Waals surface area contributed by atoms with Crippen molar-refractivity contribution in [1.29, 1.82) is 0 Å². The highest BCUT2D eigenvalue weighted by Gasteiger charge is 2.47. The van der Waals surface area contributed by atoms with Crippen molar-refractivity contribution in [3.63, 3.8) is 0 Å². The average Bonchev–Trinajstić information content (AvgIpc) is 2.77. The molecule has 1 saturated carbocycles. The van der Waals surface area contributed by atoms with Crippen molar-refractivity contribution in [3.05, 3.63) is 24.4 Å². The minimum atomic E-state index is -0.207. The Hall–Kier alpha value is -1.55. The molecule has 2 atom stereocenters. The summed E-state index contributed by atoms with van der Waals surface area (Å²) in [6.45, 7) is 4.18. The highest BCUT2D eigenvalue weighted by Crippen LogP contribution is 2.42. The van der Waals surface area contributed by atoms with Gasteiger partial charge >= 0.3 is 0 Å². The number of aromatic nitrogens is 2. The number of H-pyrrole nitrogens is 1. The molecule has 0 bridgehead atoms. The van der Waals surface area contributed by atoms with Gasteiger partial charge in [0.05, 0.1) is 23.5 Å². The quantitative estimate of drug-likeness (QED) is 0.742. The molecule has 1 aliphatic carbocycles. The fourth-order valence-corrected chi connectivity index (χ4v) is 2.42. The third-order valence-electron chi connectivity index (χ3n) is 4.02. The Balaban J connectivity index is 1.89. The molecule has 0 spiro atoms. The number of hydrogen-bond acceptors (Lipinski definition) is 3. The molecule has 0 radical (unpaired) electrons. The van der Waals surface area contributed by atoms with Gasteiger partial charge in [-0.3, -0.25) is 5.10 Å². The van der Waals surface area contributed by atoms with Crippen LogP contribution in [0.1, 0.15) is 20.3 Å². The van der Waals surface area contributed by atoms with E-state index in [1.54, 1.807) is 0 Å². The van der Waals surface area contributed by atoms with E-state index in [1.807, 2.05) is 24.4 Å². The van der Waals surface area contributed by atoms with Gasteiger partial charge in [-0.1, -0.05) is 26.0 Å². The molecule has 1 aromatic carbocycles. The Kier molecular flexibility index (Phi) is 2.16. The molecule has 17 heavy (non-hydrogen) atoms. The molecule has 1 heterocycles.